The Balaban J connectivity index is 2.18. The maximum atomic E-state index is 12.5. The molecule has 1 N–H and O–H groups in total. The second-order valence-corrected chi connectivity index (χ2v) is 4.60. The lowest BCUT2D eigenvalue weighted by atomic mass is 10.2. The van der Waals surface area contributed by atoms with Gasteiger partial charge in [0.1, 0.15) is 0 Å². The minimum atomic E-state index is -4.47. The highest BCUT2D eigenvalue weighted by Crippen LogP contribution is 2.27. The molecule has 0 amide bonds. The van der Waals surface area contributed by atoms with Crippen molar-refractivity contribution in [3.05, 3.63) is 35.4 Å². The average Bonchev–Trinajstić information content (AvgIpc) is 2.90. The van der Waals surface area contributed by atoms with Crippen LogP contribution in [0.1, 0.15) is 30.3 Å². The lowest BCUT2D eigenvalue weighted by Crippen LogP contribution is -2.16. The van der Waals surface area contributed by atoms with Crippen molar-refractivity contribution in [2.75, 3.05) is 6.54 Å². The Labute approximate surface area is 120 Å². The normalized spacial score (nSPS) is 11.9. The van der Waals surface area contributed by atoms with Crippen LogP contribution in [0, 0.1) is 6.92 Å². The van der Waals surface area contributed by atoms with E-state index in [0.717, 1.165) is 29.3 Å². The van der Waals surface area contributed by atoms with E-state index in [0.29, 0.717) is 12.2 Å². The van der Waals surface area contributed by atoms with Crippen LogP contribution in [0.3, 0.4) is 0 Å². The maximum Gasteiger partial charge on any atom is 0.435 e. The molecule has 0 saturated carbocycles. The van der Waals surface area contributed by atoms with Crippen LogP contribution in [0.15, 0.2) is 18.5 Å². The van der Waals surface area contributed by atoms with Crippen molar-refractivity contribution < 1.29 is 13.2 Å². The first-order valence-electron chi connectivity index (χ1n) is 6.58. The fraction of sp³-hybridized carbons (Fsp3) is 0.462. The van der Waals surface area contributed by atoms with E-state index >= 15 is 0 Å². The first kappa shape index (κ1) is 15.4. The molecule has 2 heterocycles. The van der Waals surface area contributed by atoms with Gasteiger partial charge in [-0.3, -0.25) is 0 Å². The second-order valence-electron chi connectivity index (χ2n) is 4.60. The minimum absolute atomic E-state index is 0.127. The van der Waals surface area contributed by atoms with Crippen molar-refractivity contribution in [2.24, 2.45) is 0 Å². The van der Waals surface area contributed by atoms with Crippen LogP contribution in [0.25, 0.3) is 5.95 Å². The Morgan fingerprint density at radius 3 is 2.67 bits per heavy atom. The topological polar surface area (TPSA) is 55.6 Å². The number of nitrogens with one attached hydrogen (secondary N) is 1. The minimum Gasteiger partial charge on any atom is -0.313 e. The summed E-state index contributed by atoms with van der Waals surface area (Å²) in [6.07, 6.45) is -0.641. The van der Waals surface area contributed by atoms with Crippen LogP contribution in [0.5, 0.6) is 0 Å². The zero-order valence-corrected chi connectivity index (χ0v) is 11.8. The predicted molar refractivity (Wildman–Crippen MR) is 70.9 cm³/mol. The van der Waals surface area contributed by atoms with Crippen LogP contribution < -0.4 is 5.32 Å². The van der Waals surface area contributed by atoms with E-state index in [1.165, 1.54) is 6.20 Å². The van der Waals surface area contributed by atoms with Gasteiger partial charge in [-0.15, -0.1) is 0 Å². The number of aromatic nitrogens is 4. The third kappa shape index (κ3) is 3.78. The standard InChI is InChI=1S/C13H16F3N5/c1-3-5-17-7-10-8-18-12(19-9(10)2)21-6-4-11(20-21)13(14,15)16/h4,6,8,17H,3,5,7H2,1-2H3. The van der Waals surface area contributed by atoms with Crippen molar-refractivity contribution in [2.45, 2.75) is 33.0 Å². The third-order valence-electron chi connectivity index (χ3n) is 2.89. The van der Waals surface area contributed by atoms with E-state index in [1.807, 2.05) is 0 Å². The Kier molecular flexibility index (Phi) is 4.56. The van der Waals surface area contributed by atoms with Gasteiger partial charge in [0.2, 0.25) is 0 Å². The highest BCUT2D eigenvalue weighted by molar-refractivity contribution is 5.22. The first-order valence-corrected chi connectivity index (χ1v) is 6.58. The molecule has 2 aromatic heterocycles. The largest absolute Gasteiger partial charge is 0.435 e. The van der Waals surface area contributed by atoms with E-state index < -0.39 is 11.9 Å². The molecule has 0 atom stereocenters. The highest BCUT2D eigenvalue weighted by Gasteiger charge is 2.33. The molecule has 0 aliphatic rings. The summed E-state index contributed by atoms with van der Waals surface area (Å²) in [5, 5.41) is 6.67. The van der Waals surface area contributed by atoms with Gasteiger partial charge >= 0.3 is 6.18 Å². The van der Waals surface area contributed by atoms with Crippen LogP contribution in [-0.4, -0.2) is 26.3 Å². The molecule has 114 valence electrons. The fourth-order valence-corrected chi connectivity index (χ4v) is 1.75. The van der Waals surface area contributed by atoms with Gasteiger partial charge in [-0.25, -0.2) is 14.6 Å². The number of rotatable bonds is 5. The van der Waals surface area contributed by atoms with Crippen LogP contribution in [-0.2, 0) is 12.7 Å². The molecule has 0 aromatic carbocycles. The van der Waals surface area contributed by atoms with Crippen molar-refractivity contribution in [1.29, 1.82) is 0 Å². The van der Waals surface area contributed by atoms with Gasteiger partial charge in [0.15, 0.2) is 5.69 Å². The summed E-state index contributed by atoms with van der Waals surface area (Å²) in [4.78, 5) is 8.27. The third-order valence-corrected chi connectivity index (χ3v) is 2.89. The van der Waals surface area contributed by atoms with Crippen LogP contribution in [0.4, 0.5) is 13.2 Å². The summed E-state index contributed by atoms with van der Waals surface area (Å²) in [5.74, 6) is 0.127. The van der Waals surface area contributed by atoms with Gasteiger partial charge in [-0.2, -0.15) is 18.3 Å². The predicted octanol–water partition coefficient (Wildman–Crippen LogP) is 2.49. The van der Waals surface area contributed by atoms with E-state index in [-0.39, 0.29) is 5.95 Å². The van der Waals surface area contributed by atoms with E-state index in [2.05, 4.69) is 27.3 Å². The molecule has 0 fully saturated rings. The van der Waals surface area contributed by atoms with Crippen molar-refractivity contribution in [3.63, 3.8) is 0 Å². The molecule has 0 radical (unpaired) electrons. The highest BCUT2D eigenvalue weighted by atomic mass is 19.4. The van der Waals surface area contributed by atoms with E-state index in [4.69, 9.17) is 0 Å². The molecule has 2 rings (SSSR count). The van der Waals surface area contributed by atoms with Crippen molar-refractivity contribution >= 4 is 0 Å². The quantitative estimate of drug-likeness (QED) is 0.862. The molecule has 0 unspecified atom stereocenters. The summed E-state index contributed by atoms with van der Waals surface area (Å²) in [7, 11) is 0. The van der Waals surface area contributed by atoms with Crippen molar-refractivity contribution in [1.82, 2.24) is 25.1 Å². The molecule has 0 bridgehead atoms. The van der Waals surface area contributed by atoms with Crippen LogP contribution in [0.2, 0.25) is 0 Å². The number of hydrogen-bond donors (Lipinski definition) is 1. The van der Waals surface area contributed by atoms with Gasteiger partial charge in [0.25, 0.3) is 5.95 Å². The molecule has 5 nitrogen and oxygen atoms in total. The first-order chi connectivity index (χ1) is 9.91. The van der Waals surface area contributed by atoms with Gasteiger partial charge in [0, 0.05) is 30.2 Å². The monoisotopic (exact) mass is 299 g/mol. The van der Waals surface area contributed by atoms with Gasteiger partial charge in [0.05, 0.1) is 0 Å². The Morgan fingerprint density at radius 2 is 2.10 bits per heavy atom. The summed E-state index contributed by atoms with van der Waals surface area (Å²) >= 11 is 0. The molecule has 8 heteroatoms. The maximum absolute atomic E-state index is 12.5. The lowest BCUT2D eigenvalue weighted by Gasteiger charge is -2.08. The number of hydrogen-bond acceptors (Lipinski definition) is 4. The molecular weight excluding hydrogens is 283 g/mol. The van der Waals surface area contributed by atoms with Gasteiger partial charge in [-0.05, 0) is 26.0 Å². The second kappa shape index (κ2) is 6.21. The number of halogens is 3. The fourth-order valence-electron chi connectivity index (χ4n) is 1.75. The van der Waals surface area contributed by atoms with Gasteiger partial charge in [-0.1, -0.05) is 6.92 Å². The molecule has 2 aromatic rings. The van der Waals surface area contributed by atoms with E-state index in [1.54, 1.807) is 13.1 Å². The summed E-state index contributed by atoms with van der Waals surface area (Å²) in [6, 6.07) is 0.898. The zero-order chi connectivity index (χ0) is 15.5. The summed E-state index contributed by atoms with van der Waals surface area (Å²) < 4.78 is 38.6. The Morgan fingerprint density at radius 1 is 1.33 bits per heavy atom. The SMILES string of the molecule is CCCNCc1cnc(-n2ccc(C(F)(F)F)n2)nc1C. The van der Waals surface area contributed by atoms with E-state index in [9.17, 15) is 13.2 Å². The number of nitrogens with zero attached hydrogens (tertiary/aromatic N) is 4. The molecule has 0 aliphatic carbocycles. The number of alkyl halides is 3. The Hall–Kier alpha value is -1.96. The molecular formula is C13H16F3N5. The molecule has 21 heavy (non-hydrogen) atoms. The Bertz CT molecular complexity index is 606. The molecule has 0 aliphatic heterocycles. The van der Waals surface area contributed by atoms with Gasteiger partial charge < -0.3 is 5.32 Å². The smallest absolute Gasteiger partial charge is 0.313 e. The molecule has 0 spiro atoms. The van der Waals surface area contributed by atoms with Crippen LogP contribution >= 0.6 is 0 Å². The number of aryl methyl sites for hydroxylation is 1. The molecule has 0 saturated heterocycles. The lowest BCUT2D eigenvalue weighted by molar-refractivity contribution is -0.141. The zero-order valence-electron chi connectivity index (χ0n) is 11.8. The summed E-state index contributed by atoms with van der Waals surface area (Å²) in [6.45, 7) is 5.37. The van der Waals surface area contributed by atoms with Crippen molar-refractivity contribution in [3.8, 4) is 5.95 Å². The average molecular weight is 299 g/mol. The summed E-state index contributed by atoms with van der Waals surface area (Å²) in [5.41, 5.74) is 0.667.